The van der Waals surface area contributed by atoms with E-state index in [2.05, 4.69) is 10.6 Å². The van der Waals surface area contributed by atoms with Gasteiger partial charge in [-0.2, -0.15) is 0 Å². The van der Waals surface area contributed by atoms with Crippen molar-refractivity contribution in [1.82, 2.24) is 5.32 Å². The lowest BCUT2D eigenvalue weighted by atomic mass is 9.80. The smallest absolute Gasteiger partial charge is 0.251 e. The maximum atomic E-state index is 13.5. The molecule has 2 aromatic carbocycles. The van der Waals surface area contributed by atoms with E-state index in [-0.39, 0.29) is 30.2 Å². The van der Waals surface area contributed by atoms with Gasteiger partial charge in [-0.1, -0.05) is 49.2 Å². The second-order valence-electron chi connectivity index (χ2n) is 8.26. The van der Waals surface area contributed by atoms with Gasteiger partial charge in [0.15, 0.2) is 5.54 Å². The van der Waals surface area contributed by atoms with Gasteiger partial charge in [0.1, 0.15) is 0 Å². The maximum absolute atomic E-state index is 13.5. The third-order valence-corrected chi connectivity index (χ3v) is 5.95. The van der Waals surface area contributed by atoms with E-state index in [0.717, 1.165) is 31.2 Å². The molecule has 6 nitrogen and oxygen atoms in total. The highest BCUT2D eigenvalue weighted by atomic mass is 16.2. The SMILES string of the molecule is CC(=O)Nc1ccc(N2C(=O)C[C@@]2(/C=C/c2ccccc2)C(=O)NC2CCCC2)cc1. The summed E-state index contributed by atoms with van der Waals surface area (Å²) in [5, 5.41) is 5.90. The zero-order chi connectivity index (χ0) is 21.8. The minimum atomic E-state index is -1.06. The monoisotopic (exact) mass is 417 g/mol. The summed E-state index contributed by atoms with van der Waals surface area (Å²) < 4.78 is 0. The predicted molar refractivity (Wildman–Crippen MR) is 121 cm³/mol. The van der Waals surface area contributed by atoms with Crippen LogP contribution in [0.4, 0.5) is 11.4 Å². The molecule has 3 amide bonds. The van der Waals surface area contributed by atoms with Crippen LogP contribution < -0.4 is 15.5 Å². The molecule has 6 heteroatoms. The zero-order valence-electron chi connectivity index (χ0n) is 17.6. The van der Waals surface area contributed by atoms with Crippen LogP contribution in [0.1, 0.15) is 44.6 Å². The lowest BCUT2D eigenvalue weighted by Crippen LogP contribution is -2.70. The van der Waals surface area contributed by atoms with Gasteiger partial charge >= 0.3 is 0 Å². The van der Waals surface area contributed by atoms with Crippen LogP contribution in [0.15, 0.2) is 60.7 Å². The van der Waals surface area contributed by atoms with Gasteiger partial charge in [-0.3, -0.25) is 19.3 Å². The van der Waals surface area contributed by atoms with Crippen molar-refractivity contribution >= 4 is 35.2 Å². The van der Waals surface area contributed by atoms with Crippen molar-refractivity contribution < 1.29 is 14.4 Å². The lowest BCUT2D eigenvalue weighted by molar-refractivity contribution is -0.137. The highest BCUT2D eigenvalue weighted by Crippen LogP contribution is 2.40. The number of β-lactam (4-membered cyclic amide) rings is 1. The third kappa shape index (κ3) is 4.38. The van der Waals surface area contributed by atoms with Gasteiger partial charge in [0.2, 0.25) is 11.8 Å². The average Bonchev–Trinajstić information content (AvgIpc) is 3.25. The van der Waals surface area contributed by atoms with Crippen molar-refractivity contribution in [2.45, 2.75) is 50.6 Å². The Labute approximate surface area is 182 Å². The fourth-order valence-corrected chi connectivity index (χ4v) is 4.36. The lowest BCUT2D eigenvalue weighted by Gasteiger charge is -2.49. The van der Waals surface area contributed by atoms with Crippen LogP contribution in [0.25, 0.3) is 6.08 Å². The molecular formula is C25H27N3O3. The Morgan fingerprint density at radius 2 is 1.71 bits per heavy atom. The molecule has 0 radical (unpaired) electrons. The van der Waals surface area contributed by atoms with Crippen LogP contribution in [0.3, 0.4) is 0 Å². The number of benzene rings is 2. The van der Waals surface area contributed by atoms with Crippen LogP contribution in [0, 0.1) is 0 Å². The Bertz CT molecular complexity index is 994. The molecular weight excluding hydrogens is 390 g/mol. The second-order valence-corrected chi connectivity index (χ2v) is 8.26. The van der Waals surface area contributed by atoms with E-state index >= 15 is 0 Å². The Balaban J connectivity index is 1.65. The number of amides is 3. The molecule has 1 aliphatic carbocycles. The van der Waals surface area contributed by atoms with Crippen molar-refractivity contribution in [2.75, 3.05) is 10.2 Å². The van der Waals surface area contributed by atoms with E-state index < -0.39 is 5.54 Å². The number of anilines is 2. The molecule has 4 rings (SSSR count). The summed E-state index contributed by atoms with van der Waals surface area (Å²) in [7, 11) is 0. The minimum absolute atomic E-state index is 0.105. The molecule has 0 unspecified atom stereocenters. The number of hydrogen-bond donors (Lipinski definition) is 2. The van der Waals surface area contributed by atoms with Crippen molar-refractivity contribution in [3.63, 3.8) is 0 Å². The topological polar surface area (TPSA) is 78.5 Å². The number of carbonyl (C=O) groups excluding carboxylic acids is 3. The molecule has 2 fully saturated rings. The molecule has 1 atom stereocenters. The quantitative estimate of drug-likeness (QED) is 0.700. The number of nitrogens with zero attached hydrogens (tertiary/aromatic N) is 1. The largest absolute Gasteiger partial charge is 0.351 e. The van der Waals surface area contributed by atoms with E-state index in [1.165, 1.54) is 6.92 Å². The number of rotatable bonds is 6. The summed E-state index contributed by atoms with van der Waals surface area (Å²) in [6.07, 6.45) is 8.06. The van der Waals surface area contributed by atoms with Gasteiger partial charge in [-0.05, 0) is 48.7 Å². The molecule has 1 saturated heterocycles. The van der Waals surface area contributed by atoms with Gasteiger partial charge in [-0.25, -0.2) is 0 Å². The number of carbonyl (C=O) groups is 3. The van der Waals surface area contributed by atoms with Crippen molar-refractivity contribution in [1.29, 1.82) is 0 Å². The van der Waals surface area contributed by atoms with Gasteiger partial charge in [-0.15, -0.1) is 0 Å². The molecule has 2 N–H and O–H groups in total. The number of nitrogens with one attached hydrogen (secondary N) is 2. The van der Waals surface area contributed by atoms with Crippen LogP contribution >= 0.6 is 0 Å². The molecule has 0 spiro atoms. The van der Waals surface area contributed by atoms with E-state index in [1.54, 1.807) is 29.2 Å². The van der Waals surface area contributed by atoms with Crippen molar-refractivity contribution in [3.05, 3.63) is 66.2 Å². The maximum Gasteiger partial charge on any atom is 0.251 e. The molecule has 2 aromatic rings. The molecule has 2 aliphatic rings. The van der Waals surface area contributed by atoms with E-state index in [1.807, 2.05) is 42.5 Å². The van der Waals surface area contributed by atoms with Crippen LogP contribution in [0.2, 0.25) is 0 Å². The van der Waals surface area contributed by atoms with Gasteiger partial charge < -0.3 is 10.6 Å². The third-order valence-electron chi connectivity index (χ3n) is 5.95. The summed E-state index contributed by atoms with van der Waals surface area (Å²) in [5.74, 6) is -0.410. The summed E-state index contributed by atoms with van der Waals surface area (Å²) in [5.41, 5.74) is 1.18. The predicted octanol–water partition coefficient (Wildman–Crippen LogP) is 3.89. The fourth-order valence-electron chi connectivity index (χ4n) is 4.36. The molecule has 1 aliphatic heterocycles. The van der Waals surface area contributed by atoms with Crippen molar-refractivity contribution in [3.8, 4) is 0 Å². The first-order valence-corrected chi connectivity index (χ1v) is 10.7. The fraction of sp³-hybridized carbons (Fsp3) is 0.320. The van der Waals surface area contributed by atoms with Crippen LogP contribution in [-0.2, 0) is 14.4 Å². The first kappa shape index (κ1) is 20.8. The van der Waals surface area contributed by atoms with Crippen molar-refractivity contribution in [2.24, 2.45) is 0 Å². The van der Waals surface area contributed by atoms with Crippen LogP contribution in [-0.4, -0.2) is 29.3 Å². The standard InChI is InChI=1S/C25H27N3O3/c1-18(29)26-21-11-13-22(14-12-21)28-23(30)17-25(28,16-15-19-7-3-2-4-8-19)24(31)27-20-9-5-6-10-20/h2-4,7-8,11-16,20H,5-6,9-10,17H2,1H3,(H,26,29)(H,27,31)/b16-15+/t25-/m0/s1. The molecule has 0 bridgehead atoms. The van der Waals surface area contributed by atoms with Gasteiger partial charge in [0.05, 0.1) is 6.42 Å². The average molecular weight is 418 g/mol. The normalized spacial score (nSPS) is 21.2. The molecule has 0 aromatic heterocycles. The zero-order valence-corrected chi connectivity index (χ0v) is 17.6. The molecule has 160 valence electrons. The number of hydrogen-bond acceptors (Lipinski definition) is 3. The Morgan fingerprint density at radius 1 is 1.03 bits per heavy atom. The first-order valence-electron chi connectivity index (χ1n) is 10.7. The molecule has 1 saturated carbocycles. The van der Waals surface area contributed by atoms with Gasteiger partial charge in [0.25, 0.3) is 5.91 Å². The minimum Gasteiger partial charge on any atom is -0.351 e. The summed E-state index contributed by atoms with van der Waals surface area (Å²) in [4.78, 5) is 39.0. The van der Waals surface area contributed by atoms with Gasteiger partial charge in [0, 0.05) is 24.3 Å². The van der Waals surface area contributed by atoms with E-state index in [9.17, 15) is 14.4 Å². The summed E-state index contributed by atoms with van der Waals surface area (Å²) in [6.45, 7) is 1.44. The first-order chi connectivity index (χ1) is 15.0. The Morgan fingerprint density at radius 3 is 2.32 bits per heavy atom. The Kier molecular flexibility index (Phi) is 5.89. The van der Waals surface area contributed by atoms with Crippen LogP contribution in [0.5, 0.6) is 0 Å². The highest BCUT2D eigenvalue weighted by Gasteiger charge is 2.56. The molecule has 31 heavy (non-hydrogen) atoms. The summed E-state index contributed by atoms with van der Waals surface area (Å²) in [6, 6.07) is 16.9. The van der Waals surface area contributed by atoms with E-state index in [4.69, 9.17) is 0 Å². The molecule has 1 heterocycles. The summed E-state index contributed by atoms with van der Waals surface area (Å²) >= 11 is 0. The Hall–Kier alpha value is -3.41. The van der Waals surface area contributed by atoms with E-state index in [0.29, 0.717) is 11.4 Å². The highest BCUT2D eigenvalue weighted by molar-refractivity contribution is 6.15. The second kappa shape index (κ2) is 8.76.